The number of pyridine rings is 1. The lowest BCUT2D eigenvalue weighted by molar-refractivity contribution is 0.779. The summed E-state index contributed by atoms with van der Waals surface area (Å²) in [5, 5.41) is 21.7. The molecule has 0 saturated carbocycles. The molecule has 0 aromatic carbocycles. The highest BCUT2D eigenvalue weighted by Gasteiger charge is 2.07. The monoisotopic (exact) mass is 245 g/mol. The number of nitrogens with one attached hydrogen (secondary N) is 1. The third-order valence-corrected chi connectivity index (χ3v) is 3.17. The van der Waals surface area contributed by atoms with Crippen molar-refractivity contribution in [3.8, 4) is 16.8 Å². The van der Waals surface area contributed by atoms with Gasteiger partial charge in [-0.1, -0.05) is 11.3 Å². The Morgan fingerprint density at radius 3 is 2.94 bits per heavy atom. The zero-order valence-corrected chi connectivity index (χ0v) is 10.2. The van der Waals surface area contributed by atoms with Gasteiger partial charge < -0.3 is 5.32 Å². The van der Waals surface area contributed by atoms with Crippen molar-refractivity contribution in [1.82, 2.24) is 20.5 Å². The summed E-state index contributed by atoms with van der Waals surface area (Å²) in [6.07, 6.45) is 2.41. The Labute approximate surface area is 103 Å². The highest BCUT2D eigenvalue weighted by Crippen LogP contribution is 2.21. The number of aromatic nitrogens is 3. The van der Waals surface area contributed by atoms with Crippen LogP contribution in [0, 0.1) is 11.3 Å². The molecule has 0 saturated heterocycles. The van der Waals surface area contributed by atoms with Crippen LogP contribution in [0.1, 0.15) is 10.6 Å². The zero-order valence-electron chi connectivity index (χ0n) is 9.34. The average molecular weight is 245 g/mol. The SMILES string of the molecule is CNCCc1nnc(-c2ccc(C#N)cn2)s1. The van der Waals surface area contributed by atoms with Gasteiger partial charge in [0.2, 0.25) is 0 Å². The van der Waals surface area contributed by atoms with Gasteiger partial charge in [0.15, 0.2) is 5.01 Å². The van der Waals surface area contributed by atoms with Gasteiger partial charge in [-0.15, -0.1) is 10.2 Å². The molecule has 0 radical (unpaired) electrons. The molecule has 5 nitrogen and oxygen atoms in total. The summed E-state index contributed by atoms with van der Waals surface area (Å²) < 4.78 is 0. The van der Waals surface area contributed by atoms with Crippen LogP contribution < -0.4 is 5.32 Å². The van der Waals surface area contributed by atoms with Gasteiger partial charge in [0.25, 0.3) is 0 Å². The van der Waals surface area contributed by atoms with Crippen LogP contribution in [0.4, 0.5) is 0 Å². The van der Waals surface area contributed by atoms with Gasteiger partial charge >= 0.3 is 0 Å². The molecule has 0 aliphatic heterocycles. The van der Waals surface area contributed by atoms with Crippen molar-refractivity contribution in [3.05, 3.63) is 28.9 Å². The van der Waals surface area contributed by atoms with E-state index in [0.29, 0.717) is 5.56 Å². The highest BCUT2D eigenvalue weighted by molar-refractivity contribution is 7.14. The summed E-state index contributed by atoms with van der Waals surface area (Å²) >= 11 is 1.53. The Morgan fingerprint density at radius 2 is 2.29 bits per heavy atom. The quantitative estimate of drug-likeness (QED) is 0.877. The van der Waals surface area contributed by atoms with Crippen LogP contribution in [0.2, 0.25) is 0 Å². The maximum atomic E-state index is 8.68. The Balaban J connectivity index is 2.16. The molecule has 1 N–H and O–H groups in total. The molecule has 0 fully saturated rings. The second-order valence-electron chi connectivity index (χ2n) is 3.40. The third-order valence-electron chi connectivity index (χ3n) is 2.17. The molecule has 0 unspecified atom stereocenters. The van der Waals surface area contributed by atoms with Crippen molar-refractivity contribution in [2.75, 3.05) is 13.6 Å². The molecule has 0 aliphatic rings. The lowest BCUT2D eigenvalue weighted by Gasteiger charge is -1.93. The van der Waals surface area contributed by atoms with E-state index >= 15 is 0 Å². The van der Waals surface area contributed by atoms with E-state index < -0.39 is 0 Å². The summed E-state index contributed by atoms with van der Waals surface area (Å²) in [5.41, 5.74) is 1.31. The lowest BCUT2D eigenvalue weighted by atomic mass is 10.3. The number of hydrogen-bond donors (Lipinski definition) is 1. The topological polar surface area (TPSA) is 74.5 Å². The second-order valence-corrected chi connectivity index (χ2v) is 4.46. The van der Waals surface area contributed by atoms with E-state index in [1.54, 1.807) is 18.3 Å². The fraction of sp³-hybridized carbons (Fsp3) is 0.273. The molecule has 2 aromatic heterocycles. The highest BCUT2D eigenvalue weighted by atomic mass is 32.1. The predicted octanol–water partition coefficient (Wildman–Crippen LogP) is 1.23. The van der Waals surface area contributed by atoms with E-state index in [0.717, 1.165) is 28.7 Å². The van der Waals surface area contributed by atoms with Crippen LogP contribution >= 0.6 is 11.3 Å². The van der Waals surface area contributed by atoms with E-state index in [1.807, 2.05) is 13.1 Å². The Morgan fingerprint density at radius 1 is 1.41 bits per heavy atom. The fourth-order valence-corrected chi connectivity index (χ4v) is 2.09. The van der Waals surface area contributed by atoms with Crippen LogP contribution in [-0.4, -0.2) is 28.8 Å². The van der Waals surface area contributed by atoms with Crippen LogP contribution in [0.25, 0.3) is 10.7 Å². The average Bonchev–Trinajstić information content (AvgIpc) is 2.85. The van der Waals surface area contributed by atoms with Gasteiger partial charge in [0.05, 0.1) is 5.56 Å². The van der Waals surface area contributed by atoms with Gasteiger partial charge in [-0.05, 0) is 19.2 Å². The molecule has 0 spiro atoms. The summed E-state index contributed by atoms with van der Waals surface area (Å²) in [6, 6.07) is 5.56. The van der Waals surface area contributed by atoms with Gasteiger partial charge in [-0.2, -0.15) is 5.26 Å². The van der Waals surface area contributed by atoms with Crippen LogP contribution in [0.3, 0.4) is 0 Å². The Hall–Kier alpha value is -1.84. The molecule has 2 heterocycles. The largest absolute Gasteiger partial charge is 0.319 e. The van der Waals surface area contributed by atoms with Crippen molar-refractivity contribution in [1.29, 1.82) is 5.26 Å². The van der Waals surface area contributed by atoms with Crippen LogP contribution in [-0.2, 0) is 6.42 Å². The van der Waals surface area contributed by atoms with Crippen molar-refractivity contribution in [2.24, 2.45) is 0 Å². The minimum Gasteiger partial charge on any atom is -0.319 e. The van der Waals surface area contributed by atoms with Crippen LogP contribution in [0.15, 0.2) is 18.3 Å². The Bertz CT molecular complexity index is 526. The van der Waals surface area contributed by atoms with E-state index in [-0.39, 0.29) is 0 Å². The first-order valence-electron chi connectivity index (χ1n) is 5.17. The third kappa shape index (κ3) is 2.84. The van der Waals surface area contributed by atoms with Crippen molar-refractivity contribution >= 4 is 11.3 Å². The number of likely N-dealkylation sites (N-methyl/N-ethyl adjacent to an activating group) is 1. The van der Waals surface area contributed by atoms with E-state index in [1.165, 1.54) is 11.3 Å². The predicted molar refractivity (Wildman–Crippen MR) is 65.5 cm³/mol. The molecule has 2 rings (SSSR count). The first kappa shape index (κ1) is 11.6. The second kappa shape index (κ2) is 5.48. The van der Waals surface area contributed by atoms with Gasteiger partial charge in [-0.3, -0.25) is 4.98 Å². The molecule has 0 amide bonds. The van der Waals surface area contributed by atoms with Crippen molar-refractivity contribution in [3.63, 3.8) is 0 Å². The standard InChI is InChI=1S/C11H11N5S/c1-13-5-4-10-15-16-11(17-10)9-3-2-8(6-12)7-14-9/h2-3,7,13H,4-5H2,1H3. The van der Waals surface area contributed by atoms with E-state index in [4.69, 9.17) is 5.26 Å². The van der Waals surface area contributed by atoms with Gasteiger partial charge in [0, 0.05) is 19.2 Å². The molecule has 17 heavy (non-hydrogen) atoms. The lowest BCUT2D eigenvalue weighted by Crippen LogP contribution is -2.09. The molecule has 6 heteroatoms. The number of nitrogens with zero attached hydrogens (tertiary/aromatic N) is 4. The fourth-order valence-electron chi connectivity index (χ4n) is 1.28. The normalized spacial score (nSPS) is 10.1. The summed E-state index contributed by atoms with van der Waals surface area (Å²) in [7, 11) is 1.91. The van der Waals surface area contributed by atoms with E-state index in [9.17, 15) is 0 Å². The number of nitriles is 1. The maximum absolute atomic E-state index is 8.68. The minimum atomic E-state index is 0.550. The number of hydrogen-bond acceptors (Lipinski definition) is 6. The first-order valence-corrected chi connectivity index (χ1v) is 5.98. The van der Waals surface area contributed by atoms with Gasteiger partial charge in [-0.25, -0.2) is 0 Å². The molecule has 0 atom stereocenters. The molecular weight excluding hydrogens is 234 g/mol. The molecule has 2 aromatic rings. The number of rotatable bonds is 4. The molecule has 86 valence electrons. The summed E-state index contributed by atoms with van der Waals surface area (Å²) in [6.45, 7) is 0.884. The van der Waals surface area contributed by atoms with Crippen LogP contribution in [0.5, 0.6) is 0 Å². The summed E-state index contributed by atoms with van der Waals surface area (Å²) in [4.78, 5) is 4.18. The minimum absolute atomic E-state index is 0.550. The Kier molecular flexibility index (Phi) is 3.75. The molecule has 0 bridgehead atoms. The zero-order chi connectivity index (χ0) is 12.1. The maximum Gasteiger partial charge on any atom is 0.166 e. The van der Waals surface area contributed by atoms with Gasteiger partial charge in [0.1, 0.15) is 16.8 Å². The summed E-state index contributed by atoms with van der Waals surface area (Å²) in [5.74, 6) is 0. The first-order chi connectivity index (χ1) is 8.33. The van der Waals surface area contributed by atoms with E-state index in [2.05, 4.69) is 20.5 Å². The molecular formula is C11H11N5S. The van der Waals surface area contributed by atoms with Crippen molar-refractivity contribution < 1.29 is 0 Å². The molecule has 0 aliphatic carbocycles. The smallest absolute Gasteiger partial charge is 0.166 e. The van der Waals surface area contributed by atoms with Crippen molar-refractivity contribution in [2.45, 2.75) is 6.42 Å².